The molecule has 0 unspecified atom stereocenters. The highest BCUT2D eigenvalue weighted by atomic mass is 16.2. The van der Waals surface area contributed by atoms with Crippen molar-refractivity contribution in [1.82, 2.24) is 16.0 Å². The average molecular weight is 311 g/mol. The predicted molar refractivity (Wildman–Crippen MR) is 89.8 cm³/mol. The van der Waals surface area contributed by atoms with Crippen LogP contribution in [0.2, 0.25) is 0 Å². The van der Waals surface area contributed by atoms with E-state index >= 15 is 0 Å². The fourth-order valence-corrected chi connectivity index (χ4v) is 2.27. The zero-order valence-electron chi connectivity index (χ0n) is 13.3. The molecule has 1 atom stereocenters. The second kappa shape index (κ2) is 8.10. The van der Waals surface area contributed by atoms with Gasteiger partial charge in [0, 0.05) is 13.6 Å². The Labute approximate surface area is 136 Å². The zero-order valence-corrected chi connectivity index (χ0v) is 13.3. The van der Waals surface area contributed by atoms with Gasteiger partial charge in [0.05, 0.1) is 0 Å². The van der Waals surface area contributed by atoms with E-state index in [0.717, 1.165) is 16.7 Å². The minimum absolute atomic E-state index is 0.385. The van der Waals surface area contributed by atoms with Crippen molar-refractivity contribution in [2.24, 2.45) is 0 Å². The third-order valence-electron chi connectivity index (χ3n) is 3.62. The Morgan fingerprint density at radius 2 is 1.65 bits per heavy atom. The molecule has 2 aromatic carbocycles. The number of hydrogen-bond acceptors (Lipinski definition) is 3. The van der Waals surface area contributed by atoms with Gasteiger partial charge in [-0.25, -0.2) is 4.79 Å². The first-order valence-electron chi connectivity index (χ1n) is 7.47. The van der Waals surface area contributed by atoms with Gasteiger partial charge in [-0.3, -0.25) is 15.4 Å². The van der Waals surface area contributed by atoms with E-state index in [4.69, 9.17) is 0 Å². The number of imide groups is 1. The van der Waals surface area contributed by atoms with E-state index in [2.05, 4.69) is 16.0 Å². The van der Waals surface area contributed by atoms with Gasteiger partial charge in [-0.15, -0.1) is 0 Å². The largest absolute Gasteiger partial charge is 0.341 e. The Hall–Kier alpha value is -2.66. The monoisotopic (exact) mass is 311 g/mol. The standard InChI is InChI=1S/C18H21N3O2/c1-13-8-6-7-11-15(13)12-20-16(14-9-4-3-5-10-14)17(22)21-18(23)19-2/h3-11,16,20H,12H2,1-2H3,(H2,19,21,22,23)/t16-/m1/s1. The van der Waals surface area contributed by atoms with Crippen molar-refractivity contribution in [2.45, 2.75) is 19.5 Å². The normalized spacial score (nSPS) is 11.6. The van der Waals surface area contributed by atoms with Crippen molar-refractivity contribution < 1.29 is 9.59 Å². The van der Waals surface area contributed by atoms with Crippen molar-refractivity contribution in [2.75, 3.05) is 7.05 Å². The summed E-state index contributed by atoms with van der Waals surface area (Å²) in [6, 6.07) is 16.2. The molecule has 0 heterocycles. The second-order valence-corrected chi connectivity index (χ2v) is 5.22. The molecule has 0 saturated carbocycles. The molecule has 0 aromatic heterocycles. The highest BCUT2D eigenvalue weighted by Gasteiger charge is 2.21. The van der Waals surface area contributed by atoms with Crippen LogP contribution in [-0.4, -0.2) is 19.0 Å². The van der Waals surface area contributed by atoms with E-state index in [1.54, 1.807) is 0 Å². The molecule has 0 aliphatic rings. The second-order valence-electron chi connectivity index (χ2n) is 5.22. The SMILES string of the molecule is CNC(=O)NC(=O)[C@H](NCc1ccccc1C)c1ccccc1. The van der Waals surface area contributed by atoms with Crippen molar-refractivity contribution in [3.8, 4) is 0 Å². The molecule has 3 amide bonds. The molecule has 2 aromatic rings. The molecule has 2 rings (SSSR count). The lowest BCUT2D eigenvalue weighted by Gasteiger charge is -2.19. The van der Waals surface area contributed by atoms with E-state index in [0.29, 0.717) is 6.54 Å². The first kappa shape index (κ1) is 16.7. The predicted octanol–water partition coefficient (Wildman–Crippen LogP) is 2.28. The van der Waals surface area contributed by atoms with E-state index in [1.807, 2.05) is 61.5 Å². The molecule has 23 heavy (non-hydrogen) atoms. The molecule has 3 N–H and O–H groups in total. The summed E-state index contributed by atoms with van der Waals surface area (Å²) >= 11 is 0. The van der Waals surface area contributed by atoms with Crippen LogP contribution in [0, 0.1) is 6.92 Å². The number of amides is 3. The first-order chi connectivity index (χ1) is 11.1. The Morgan fingerprint density at radius 3 is 2.30 bits per heavy atom. The van der Waals surface area contributed by atoms with Crippen LogP contribution in [0.15, 0.2) is 54.6 Å². The van der Waals surface area contributed by atoms with Crippen LogP contribution in [0.3, 0.4) is 0 Å². The van der Waals surface area contributed by atoms with E-state index in [1.165, 1.54) is 7.05 Å². The fraction of sp³-hybridized carbons (Fsp3) is 0.222. The molecule has 0 spiro atoms. The highest BCUT2D eigenvalue weighted by Crippen LogP contribution is 2.15. The lowest BCUT2D eigenvalue weighted by molar-refractivity contribution is -0.122. The van der Waals surface area contributed by atoms with Crippen molar-refractivity contribution in [1.29, 1.82) is 0 Å². The van der Waals surface area contributed by atoms with Crippen LogP contribution in [-0.2, 0) is 11.3 Å². The van der Waals surface area contributed by atoms with Gasteiger partial charge in [-0.05, 0) is 23.6 Å². The van der Waals surface area contributed by atoms with Crippen LogP contribution in [0.25, 0.3) is 0 Å². The Balaban J connectivity index is 2.15. The van der Waals surface area contributed by atoms with Crippen LogP contribution >= 0.6 is 0 Å². The summed E-state index contributed by atoms with van der Waals surface area (Å²) in [5.41, 5.74) is 3.07. The molecular formula is C18H21N3O2. The lowest BCUT2D eigenvalue weighted by atomic mass is 10.0. The molecule has 0 bridgehead atoms. The van der Waals surface area contributed by atoms with Gasteiger partial charge in [0.2, 0.25) is 5.91 Å². The van der Waals surface area contributed by atoms with Crippen molar-refractivity contribution in [3.63, 3.8) is 0 Å². The van der Waals surface area contributed by atoms with Gasteiger partial charge < -0.3 is 5.32 Å². The van der Waals surface area contributed by atoms with Crippen molar-refractivity contribution >= 4 is 11.9 Å². The molecule has 0 saturated heterocycles. The summed E-state index contributed by atoms with van der Waals surface area (Å²) in [6.45, 7) is 2.56. The van der Waals surface area contributed by atoms with Gasteiger partial charge in [0.25, 0.3) is 0 Å². The van der Waals surface area contributed by atoms with Crippen LogP contribution < -0.4 is 16.0 Å². The summed E-state index contributed by atoms with van der Waals surface area (Å²) in [7, 11) is 1.47. The van der Waals surface area contributed by atoms with Gasteiger partial charge >= 0.3 is 6.03 Å². The third-order valence-corrected chi connectivity index (χ3v) is 3.62. The van der Waals surface area contributed by atoms with E-state index in [-0.39, 0.29) is 5.91 Å². The molecular weight excluding hydrogens is 290 g/mol. The molecule has 0 fully saturated rings. The quantitative estimate of drug-likeness (QED) is 0.793. The van der Waals surface area contributed by atoms with Gasteiger partial charge in [0.1, 0.15) is 6.04 Å². The van der Waals surface area contributed by atoms with Crippen LogP contribution in [0.5, 0.6) is 0 Å². The van der Waals surface area contributed by atoms with Crippen molar-refractivity contribution in [3.05, 3.63) is 71.3 Å². The van der Waals surface area contributed by atoms with E-state index in [9.17, 15) is 9.59 Å². The Kier molecular flexibility index (Phi) is 5.88. The van der Waals surface area contributed by atoms with Gasteiger partial charge in [0.15, 0.2) is 0 Å². The minimum atomic E-state index is -0.604. The zero-order chi connectivity index (χ0) is 16.7. The molecule has 0 aliphatic carbocycles. The number of aryl methyl sites for hydroxylation is 1. The summed E-state index contributed by atoms with van der Waals surface area (Å²) in [4.78, 5) is 23.8. The summed E-state index contributed by atoms with van der Waals surface area (Å²) in [5.74, 6) is -0.385. The lowest BCUT2D eigenvalue weighted by Crippen LogP contribution is -2.44. The summed E-state index contributed by atoms with van der Waals surface area (Å²) < 4.78 is 0. The van der Waals surface area contributed by atoms with Gasteiger partial charge in [-0.2, -0.15) is 0 Å². The topological polar surface area (TPSA) is 70.2 Å². The summed E-state index contributed by atoms with van der Waals surface area (Å²) in [6.07, 6.45) is 0. The minimum Gasteiger partial charge on any atom is -0.341 e. The number of hydrogen-bond donors (Lipinski definition) is 3. The molecule has 0 aliphatic heterocycles. The molecule has 5 nitrogen and oxygen atoms in total. The van der Waals surface area contributed by atoms with Crippen LogP contribution in [0.1, 0.15) is 22.7 Å². The Morgan fingerprint density at radius 1 is 1.00 bits per heavy atom. The van der Waals surface area contributed by atoms with Gasteiger partial charge in [-0.1, -0.05) is 54.6 Å². The smallest absolute Gasteiger partial charge is 0.321 e. The average Bonchev–Trinajstić information content (AvgIpc) is 2.57. The number of carbonyl (C=O) groups is 2. The highest BCUT2D eigenvalue weighted by molar-refractivity contribution is 5.97. The number of carbonyl (C=O) groups excluding carboxylic acids is 2. The number of rotatable bonds is 5. The van der Waals surface area contributed by atoms with Crippen LogP contribution in [0.4, 0.5) is 4.79 Å². The Bertz CT molecular complexity index is 671. The summed E-state index contributed by atoms with van der Waals surface area (Å²) in [5, 5.41) is 7.94. The third kappa shape index (κ3) is 4.66. The molecule has 5 heteroatoms. The maximum atomic E-state index is 12.4. The number of benzene rings is 2. The number of nitrogens with one attached hydrogen (secondary N) is 3. The molecule has 0 radical (unpaired) electrons. The maximum absolute atomic E-state index is 12.4. The number of urea groups is 1. The molecule has 120 valence electrons. The first-order valence-corrected chi connectivity index (χ1v) is 7.47. The maximum Gasteiger partial charge on any atom is 0.321 e. The van der Waals surface area contributed by atoms with E-state index < -0.39 is 12.1 Å². The fourth-order valence-electron chi connectivity index (χ4n) is 2.27.